The van der Waals surface area contributed by atoms with E-state index in [4.69, 9.17) is 9.47 Å². The molecule has 0 fully saturated rings. The number of aromatic nitrogens is 1. The van der Waals surface area contributed by atoms with Gasteiger partial charge in [0.05, 0.1) is 23.9 Å². The summed E-state index contributed by atoms with van der Waals surface area (Å²) in [6.45, 7) is 4.01. The average molecular weight is 600 g/mol. The molecule has 0 aliphatic carbocycles. The van der Waals surface area contributed by atoms with Gasteiger partial charge in [-0.1, -0.05) is 61.5 Å². The number of alkyl halides is 3. The summed E-state index contributed by atoms with van der Waals surface area (Å²) in [6, 6.07) is 24.1. The summed E-state index contributed by atoms with van der Waals surface area (Å²) >= 11 is 0. The fraction of sp³-hybridized carbons (Fsp3) is 0.147. The molecule has 0 atom stereocenters. The minimum atomic E-state index is -4.60. The van der Waals surface area contributed by atoms with E-state index in [2.05, 4.69) is 22.4 Å². The number of ether oxygens (including phenoxy) is 2. The van der Waals surface area contributed by atoms with Gasteiger partial charge < -0.3 is 14.5 Å². The van der Waals surface area contributed by atoms with Gasteiger partial charge in [-0.15, -0.1) is 0 Å². The third-order valence-electron chi connectivity index (χ3n) is 6.87. The van der Waals surface area contributed by atoms with Gasteiger partial charge in [0.2, 0.25) is 0 Å². The van der Waals surface area contributed by atoms with E-state index >= 15 is 0 Å². The van der Waals surface area contributed by atoms with E-state index in [-0.39, 0.29) is 23.7 Å². The average Bonchev–Trinajstić information content (AvgIpc) is 3.42. The van der Waals surface area contributed by atoms with Crippen molar-refractivity contribution in [3.8, 4) is 22.6 Å². The first kappa shape index (κ1) is 30.1. The Morgan fingerprint density at radius 1 is 0.909 bits per heavy atom. The molecular weight excluding hydrogens is 571 g/mol. The lowest BCUT2D eigenvalue weighted by molar-refractivity contribution is -0.137. The smallest absolute Gasteiger partial charge is 0.416 e. The molecule has 1 amide bonds. The number of nitrogens with one attached hydrogen (secondary N) is 2. The molecular formula is C34H28F3N3O4. The van der Waals surface area contributed by atoms with Crippen LogP contribution >= 0.6 is 0 Å². The van der Waals surface area contributed by atoms with Crippen molar-refractivity contribution in [2.45, 2.75) is 26.4 Å². The first-order valence-corrected chi connectivity index (χ1v) is 13.9. The Balaban J connectivity index is 1.36. The molecule has 7 nitrogen and oxygen atoms in total. The Morgan fingerprint density at radius 3 is 2.41 bits per heavy atom. The molecule has 0 spiro atoms. The van der Waals surface area contributed by atoms with E-state index in [1.807, 2.05) is 48.5 Å². The highest BCUT2D eigenvalue weighted by atomic mass is 19.4. The van der Waals surface area contributed by atoms with Crippen LogP contribution in [0.25, 0.3) is 22.0 Å². The van der Waals surface area contributed by atoms with E-state index in [0.29, 0.717) is 11.3 Å². The highest BCUT2D eigenvalue weighted by molar-refractivity contribution is 6.10. The molecule has 0 unspecified atom stereocenters. The number of hydrazone groups is 1. The van der Waals surface area contributed by atoms with Crippen LogP contribution in [0.5, 0.6) is 11.5 Å². The van der Waals surface area contributed by atoms with Crippen molar-refractivity contribution in [1.82, 2.24) is 10.4 Å². The van der Waals surface area contributed by atoms with Gasteiger partial charge >= 0.3 is 12.1 Å². The van der Waals surface area contributed by atoms with E-state index < -0.39 is 23.6 Å². The largest absolute Gasteiger partial charge is 0.490 e. The van der Waals surface area contributed by atoms with Gasteiger partial charge in [-0.2, -0.15) is 18.3 Å². The summed E-state index contributed by atoms with van der Waals surface area (Å²) < 4.78 is 50.2. The molecule has 0 bridgehead atoms. The maximum absolute atomic E-state index is 13.4. The van der Waals surface area contributed by atoms with Crippen molar-refractivity contribution in [2.24, 2.45) is 5.10 Å². The van der Waals surface area contributed by atoms with Gasteiger partial charge in [-0.25, -0.2) is 10.2 Å². The van der Waals surface area contributed by atoms with Crippen LogP contribution in [0.4, 0.5) is 13.2 Å². The number of aromatic amines is 1. The number of esters is 1. The van der Waals surface area contributed by atoms with Crippen molar-refractivity contribution in [3.05, 3.63) is 119 Å². The summed E-state index contributed by atoms with van der Waals surface area (Å²) in [5.41, 5.74) is 5.88. The summed E-state index contributed by atoms with van der Waals surface area (Å²) in [7, 11) is 0. The molecule has 0 aliphatic heterocycles. The second kappa shape index (κ2) is 12.9. The highest BCUT2D eigenvalue weighted by Crippen LogP contribution is 2.35. The number of rotatable bonds is 9. The fourth-order valence-electron chi connectivity index (χ4n) is 4.81. The van der Waals surface area contributed by atoms with Gasteiger partial charge in [0, 0.05) is 16.5 Å². The lowest BCUT2D eigenvalue weighted by Gasteiger charge is -2.12. The quantitative estimate of drug-likeness (QED) is 0.0783. The molecule has 5 aromatic rings. The lowest BCUT2D eigenvalue weighted by atomic mass is 10.00. The third-order valence-corrected chi connectivity index (χ3v) is 6.87. The number of hydrogen-bond donors (Lipinski definition) is 2. The summed E-state index contributed by atoms with van der Waals surface area (Å²) in [6.07, 6.45) is -2.40. The Kier molecular flexibility index (Phi) is 8.80. The SMILES string of the molecule is CCOc1cc(C=NNC(=O)c2[nH]c3c(CC)cccc3c2-c2ccccc2)ccc1OC(=O)c1cccc(C(F)(F)F)c1. The zero-order valence-electron chi connectivity index (χ0n) is 23.9. The van der Waals surface area contributed by atoms with Crippen LogP contribution in [0.15, 0.2) is 96.1 Å². The van der Waals surface area contributed by atoms with E-state index in [1.165, 1.54) is 18.3 Å². The number of fused-ring (bicyclic) bond motifs is 1. The Hall–Kier alpha value is -5.38. The minimum Gasteiger partial charge on any atom is -0.490 e. The molecule has 4 aromatic carbocycles. The third kappa shape index (κ3) is 6.49. The van der Waals surface area contributed by atoms with Crippen LogP contribution in [0.3, 0.4) is 0 Å². The van der Waals surface area contributed by atoms with Crippen molar-refractivity contribution < 1.29 is 32.2 Å². The molecule has 0 saturated carbocycles. The number of benzene rings is 4. The van der Waals surface area contributed by atoms with Crippen molar-refractivity contribution >= 4 is 29.0 Å². The molecule has 1 heterocycles. The number of H-pyrrole nitrogens is 1. The Bertz CT molecular complexity index is 1850. The molecule has 1 aromatic heterocycles. The zero-order valence-corrected chi connectivity index (χ0v) is 23.9. The standard InChI is InChI=1S/C34H28F3N3O4/c1-3-22-12-9-15-26-29(23-10-6-5-7-11-23)31(39-30(22)26)32(41)40-38-20-21-16-17-27(28(18-21)43-4-2)44-33(42)24-13-8-14-25(19-24)34(35,36)37/h5-20,39H,3-4H2,1-2H3,(H,40,41). The van der Waals surface area contributed by atoms with Gasteiger partial charge in [-0.05, 0) is 66.4 Å². The Morgan fingerprint density at radius 2 is 1.68 bits per heavy atom. The van der Waals surface area contributed by atoms with E-state index in [0.717, 1.165) is 52.2 Å². The second-order valence-electron chi connectivity index (χ2n) is 9.74. The van der Waals surface area contributed by atoms with Crippen molar-refractivity contribution in [1.29, 1.82) is 0 Å². The van der Waals surface area contributed by atoms with Crippen LogP contribution in [0.2, 0.25) is 0 Å². The molecule has 5 rings (SSSR count). The number of nitrogens with zero attached hydrogens (tertiary/aromatic N) is 1. The van der Waals surface area contributed by atoms with Gasteiger partial charge in [0.1, 0.15) is 5.69 Å². The fourth-order valence-corrected chi connectivity index (χ4v) is 4.81. The molecule has 2 N–H and O–H groups in total. The van der Waals surface area contributed by atoms with Crippen LogP contribution < -0.4 is 14.9 Å². The summed E-state index contributed by atoms with van der Waals surface area (Å²) in [5.74, 6) is -1.20. The number of aryl methyl sites for hydroxylation is 1. The maximum Gasteiger partial charge on any atom is 0.416 e. The monoisotopic (exact) mass is 599 g/mol. The first-order valence-electron chi connectivity index (χ1n) is 13.9. The highest BCUT2D eigenvalue weighted by Gasteiger charge is 2.31. The van der Waals surface area contributed by atoms with Gasteiger partial charge in [0.25, 0.3) is 5.91 Å². The lowest BCUT2D eigenvalue weighted by Crippen LogP contribution is -2.19. The zero-order chi connectivity index (χ0) is 31.3. The topological polar surface area (TPSA) is 92.8 Å². The molecule has 0 aliphatic rings. The predicted octanol–water partition coefficient (Wildman–Crippen LogP) is 7.80. The Labute approximate surface area is 251 Å². The molecule has 44 heavy (non-hydrogen) atoms. The molecule has 10 heteroatoms. The van der Waals surface area contributed by atoms with Crippen LogP contribution in [-0.4, -0.2) is 29.7 Å². The summed E-state index contributed by atoms with van der Waals surface area (Å²) in [4.78, 5) is 29.3. The number of carbonyl (C=O) groups is 2. The predicted molar refractivity (Wildman–Crippen MR) is 162 cm³/mol. The van der Waals surface area contributed by atoms with E-state index in [1.54, 1.807) is 19.1 Å². The number of halogens is 3. The second-order valence-corrected chi connectivity index (χ2v) is 9.74. The van der Waals surface area contributed by atoms with Crippen molar-refractivity contribution in [2.75, 3.05) is 6.61 Å². The number of para-hydroxylation sites is 1. The van der Waals surface area contributed by atoms with Crippen molar-refractivity contribution in [3.63, 3.8) is 0 Å². The molecule has 224 valence electrons. The van der Waals surface area contributed by atoms with Crippen LogP contribution in [0, 0.1) is 0 Å². The van der Waals surface area contributed by atoms with Crippen LogP contribution in [0.1, 0.15) is 51.4 Å². The van der Waals surface area contributed by atoms with E-state index in [9.17, 15) is 22.8 Å². The normalized spacial score (nSPS) is 11.6. The first-order chi connectivity index (χ1) is 21.2. The summed E-state index contributed by atoms with van der Waals surface area (Å²) in [5, 5.41) is 5.05. The number of hydrogen-bond acceptors (Lipinski definition) is 5. The van der Waals surface area contributed by atoms with Crippen LogP contribution in [-0.2, 0) is 12.6 Å². The number of carbonyl (C=O) groups excluding carboxylic acids is 2. The van der Waals surface area contributed by atoms with Gasteiger partial charge in [0.15, 0.2) is 11.5 Å². The minimum absolute atomic E-state index is 0.0211. The van der Waals surface area contributed by atoms with Gasteiger partial charge in [-0.3, -0.25) is 4.79 Å². The molecule has 0 saturated heterocycles. The molecule has 0 radical (unpaired) electrons. The maximum atomic E-state index is 13.4. The number of amides is 1.